The summed E-state index contributed by atoms with van der Waals surface area (Å²) < 4.78 is 10.7. The van der Waals surface area contributed by atoms with Crippen LogP contribution in [0.1, 0.15) is 6.92 Å². The van der Waals surface area contributed by atoms with Gasteiger partial charge in [0, 0.05) is 0 Å². The molecule has 0 heterocycles. The number of rotatable bonds is 4. The van der Waals surface area contributed by atoms with Crippen molar-refractivity contribution in [1.82, 2.24) is 0 Å². The van der Waals surface area contributed by atoms with E-state index in [0.717, 1.165) is 0 Å². The van der Waals surface area contributed by atoms with E-state index in [1.54, 1.807) is 19.2 Å². The maximum Gasteiger partial charge on any atom is 0.171 e. The molecule has 1 aromatic carbocycles. The molecule has 0 fully saturated rings. The average molecular weight is 256 g/mol. The van der Waals surface area contributed by atoms with Gasteiger partial charge in [-0.15, -0.1) is 0 Å². The Kier molecular flexibility index (Phi) is 4.53. The van der Waals surface area contributed by atoms with Crippen molar-refractivity contribution in [1.29, 1.82) is 0 Å². The van der Waals surface area contributed by atoms with Gasteiger partial charge in [0.05, 0.1) is 7.11 Å². The van der Waals surface area contributed by atoms with Crippen LogP contribution in [0.2, 0.25) is 0 Å². The third-order valence-corrected chi connectivity index (χ3v) is 2.08. The third kappa shape index (κ3) is 3.07. The first-order valence-electron chi connectivity index (χ1n) is 4.25. The summed E-state index contributed by atoms with van der Waals surface area (Å²) in [7, 11) is 1.61. The maximum absolute atomic E-state index is 5.56. The molecule has 1 radical (unpaired) electrons. The smallest absolute Gasteiger partial charge is 0.171 e. The Morgan fingerprint density at radius 1 is 1.50 bits per heavy atom. The maximum atomic E-state index is 5.56. The van der Waals surface area contributed by atoms with E-state index in [1.165, 1.54) is 0 Å². The number of halogens is 1. The van der Waals surface area contributed by atoms with Gasteiger partial charge in [-0.1, -0.05) is 12.1 Å². The molecule has 0 aliphatic rings. The second kappa shape index (κ2) is 5.70. The lowest BCUT2D eigenvalue weighted by atomic mass is 10.3. The van der Waals surface area contributed by atoms with Gasteiger partial charge in [-0.2, -0.15) is 0 Å². The molecule has 1 unspecified atom stereocenters. The van der Waals surface area contributed by atoms with Gasteiger partial charge >= 0.3 is 0 Å². The van der Waals surface area contributed by atoms with Gasteiger partial charge in [0.2, 0.25) is 0 Å². The molecule has 1 aromatic rings. The topological polar surface area (TPSA) is 18.5 Å². The first kappa shape index (κ1) is 11.1. The van der Waals surface area contributed by atoms with Gasteiger partial charge in [-0.25, -0.2) is 0 Å². The molecule has 0 aliphatic carbocycles. The zero-order chi connectivity index (χ0) is 10.4. The van der Waals surface area contributed by atoms with E-state index >= 15 is 0 Å². The Hall–Kier alpha value is -0.960. The Morgan fingerprint density at radius 3 is 2.93 bits per heavy atom. The Labute approximate surface area is 92.7 Å². The number of hydrogen-bond donors (Lipinski definition) is 0. The second-order valence-electron chi connectivity index (χ2n) is 2.57. The summed E-state index contributed by atoms with van der Waals surface area (Å²) in [5, 5.41) is -0.135. The van der Waals surface area contributed by atoms with Crippen LogP contribution in [-0.4, -0.2) is 12.1 Å². The van der Waals surface area contributed by atoms with Crippen LogP contribution < -0.4 is 9.47 Å². The van der Waals surface area contributed by atoms with Crippen molar-refractivity contribution in [2.24, 2.45) is 0 Å². The number of methoxy groups -OCH3 is 1. The number of ether oxygens (including phenoxy) is 2. The first-order valence-corrected chi connectivity index (χ1v) is 5.17. The lowest BCUT2D eigenvalue weighted by Crippen LogP contribution is -2.04. The van der Waals surface area contributed by atoms with Crippen LogP contribution in [0.25, 0.3) is 0 Å². The van der Waals surface area contributed by atoms with Crippen molar-refractivity contribution < 1.29 is 9.47 Å². The second-order valence-corrected chi connectivity index (χ2v) is 3.47. The highest BCUT2D eigenvalue weighted by Crippen LogP contribution is 2.27. The van der Waals surface area contributed by atoms with Crippen LogP contribution in [0.3, 0.4) is 0 Å². The lowest BCUT2D eigenvalue weighted by Gasteiger charge is -2.12. The predicted molar refractivity (Wildman–Crippen MR) is 60.0 cm³/mol. The number of allylic oxidation sites excluding steroid dienone is 1. The third-order valence-electron chi connectivity index (χ3n) is 1.59. The summed E-state index contributed by atoms with van der Waals surface area (Å²) in [6.07, 6.45) is 3.82. The normalized spacial score (nSPS) is 12.8. The fourth-order valence-electron chi connectivity index (χ4n) is 0.970. The minimum Gasteiger partial charge on any atom is -0.493 e. The molecule has 3 heteroatoms. The summed E-state index contributed by atoms with van der Waals surface area (Å²) in [6.45, 7) is 1.94. The van der Waals surface area contributed by atoms with Crippen molar-refractivity contribution in [3.63, 3.8) is 0 Å². The molecule has 1 rings (SSSR count). The van der Waals surface area contributed by atoms with Crippen molar-refractivity contribution in [3.05, 3.63) is 36.4 Å². The highest BCUT2D eigenvalue weighted by Gasteiger charge is 2.06. The van der Waals surface area contributed by atoms with Crippen molar-refractivity contribution in [2.45, 2.75) is 11.9 Å². The van der Waals surface area contributed by atoms with Gasteiger partial charge in [0.1, 0.15) is 0 Å². The van der Waals surface area contributed by atoms with Crippen LogP contribution >= 0.6 is 15.9 Å². The fourth-order valence-corrected chi connectivity index (χ4v) is 1.48. The van der Waals surface area contributed by atoms with E-state index in [1.807, 2.05) is 25.1 Å². The number of benzene rings is 1. The highest BCUT2D eigenvalue weighted by molar-refractivity contribution is 9.09. The fraction of sp³-hybridized carbons (Fsp3) is 0.273. The summed E-state index contributed by atoms with van der Waals surface area (Å²) >= 11 is 3.36. The molecule has 14 heavy (non-hydrogen) atoms. The van der Waals surface area contributed by atoms with E-state index in [-0.39, 0.29) is 5.01 Å². The lowest BCUT2D eigenvalue weighted by molar-refractivity contribution is 0.309. The SMILES string of the molecule is C/C=C/C(Br)Oc1cc[c]cc1OC. The Bertz CT molecular complexity index is 310. The standard InChI is InChI=1S/C11H12BrO2/c1-3-6-11(12)14-10-8-5-4-7-9(10)13-2/h3,5-8,11H,1-2H3/b6-3+. The van der Waals surface area contributed by atoms with E-state index in [4.69, 9.17) is 9.47 Å². The molecule has 0 saturated carbocycles. The molecule has 75 valence electrons. The Balaban J connectivity index is 2.75. The molecule has 0 bridgehead atoms. The molecule has 0 N–H and O–H groups in total. The first-order chi connectivity index (χ1) is 6.77. The average Bonchev–Trinajstić information content (AvgIpc) is 2.19. The van der Waals surface area contributed by atoms with Gasteiger partial charge in [0.25, 0.3) is 0 Å². The monoisotopic (exact) mass is 255 g/mol. The molecule has 0 spiro atoms. The van der Waals surface area contributed by atoms with E-state index in [0.29, 0.717) is 11.5 Å². The molecule has 0 amide bonds. The largest absolute Gasteiger partial charge is 0.493 e. The van der Waals surface area contributed by atoms with Crippen LogP contribution in [0.4, 0.5) is 0 Å². The van der Waals surface area contributed by atoms with Crippen molar-refractivity contribution in [3.8, 4) is 11.5 Å². The van der Waals surface area contributed by atoms with Crippen molar-refractivity contribution >= 4 is 15.9 Å². The molecule has 0 aliphatic heterocycles. The quantitative estimate of drug-likeness (QED) is 0.608. The molecule has 2 nitrogen and oxygen atoms in total. The molecule has 1 atom stereocenters. The van der Waals surface area contributed by atoms with E-state index in [2.05, 4.69) is 22.0 Å². The van der Waals surface area contributed by atoms with Crippen LogP contribution in [0.15, 0.2) is 30.4 Å². The van der Waals surface area contributed by atoms with Crippen LogP contribution in [0.5, 0.6) is 11.5 Å². The minimum atomic E-state index is -0.135. The molecular formula is C11H12BrO2. The molecule has 0 saturated heterocycles. The van der Waals surface area contributed by atoms with E-state index < -0.39 is 0 Å². The summed E-state index contributed by atoms with van der Waals surface area (Å²) in [6, 6.07) is 8.26. The van der Waals surface area contributed by atoms with Gasteiger partial charge in [-0.3, -0.25) is 0 Å². The van der Waals surface area contributed by atoms with E-state index in [9.17, 15) is 0 Å². The summed E-state index contributed by atoms with van der Waals surface area (Å²) in [5.74, 6) is 1.38. The van der Waals surface area contributed by atoms with Gasteiger partial charge < -0.3 is 9.47 Å². The van der Waals surface area contributed by atoms with Crippen LogP contribution in [0, 0.1) is 6.07 Å². The number of hydrogen-bond acceptors (Lipinski definition) is 2. The highest BCUT2D eigenvalue weighted by atomic mass is 79.9. The zero-order valence-corrected chi connectivity index (χ0v) is 9.74. The Morgan fingerprint density at radius 2 is 2.29 bits per heavy atom. The van der Waals surface area contributed by atoms with Gasteiger partial charge in [-0.05, 0) is 47.1 Å². The van der Waals surface area contributed by atoms with Crippen molar-refractivity contribution in [2.75, 3.05) is 7.11 Å². The number of alkyl halides is 1. The van der Waals surface area contributed by atoms with Gasteiger partial charge in [0.15, 0.2) is 16.5 Å². The molecular weight excluding hydrogens is 244 g/mol. The zero-order valence-electron chi connectivity index (χ0n) is 8.16. The summed E-state index contributed by atoms with van der Waals surface area (Å²) in [5.41, 5.74) is 0. The predicted octanol–water partition coefficient (Wildman–Crippen LogP) is 3.17. The summed E-state index contributed by atoms with van der Waals surface area (Å²) in [4.78, 5) is 0. The molecule has 0 aromatic heterocycles. The van der Waals surface area contributed by atoms with Crippen LogP contribution in [-0.2, 0) is 0 Å². The minimum absolute atomic E-state index is 0.135.